The van der Waals surface area contributed by atoms with Crippen LogP contribution in [0.5, 0.6) is 0 Å². The third-order valence-corrected chi connectivity index (χ3v) is 7.73. The number of nitrogens with two attached hydrogens (primary N) is 1. The summed E-state index contributed by atoms with van der Waals surface area (Å²) in [6, 6.07) is 0. The Morgan fingerprint density at radius 2 is 1.23 bits per heavy atom. The molecule has 0 aromatic rings. The van der Waals surface area contributed by atoms with E-state index in [1.54, 1.807) is 0 Å². The number of esters is 1. The van der Waals surface area contributed by atoms with Crippen LogP contribution in [0.4, 0.5) is 0 Å². The molecule has 0 aliphatic rings. The second-order valence-corrected chi connectivity index (χ2v) is 12.5. The standard InChI is InChI=1S/C34H64NO7P/c1-3-5-7-9-11-13-15-16-17-19-21-23-25-27-34(36)42-33(32-41-43(37,38)40-30-28-35)31-39-29-26-24-22-20-18-14-12-10-8-6-4-2/h7-10,13,15,33H,3-6,11-12,14,16-32,35H2,1-2H3,(H,37,38)/b9-7-,10-8-,15-13-. The number of phosphoric ester groups is 1. The number of phosphoric acid groups is 1. The van der Waals surface area contributed by atoms with Crippen molar-refractivity contribution in [1.82, 2.24) is 0 Å². The number of hydrogen-bond donors (Lipinski definition) is 2. The monoisotopic (exact) mass is 629 g/mol. The molecule has 3 N–H and O–H groups in total. The molecule has 0 rings (SSSR count). The Hall–Kier alpha value is -1.28. The van der Waals surface area contributed by atoms with Crippen molar-refractivity contribution < 1.29 is 32.8 Å². The van der Waals surface area contributed by atoms with Crippen molar-refractivity contribution >= 4 is 13.8 Å². The maximum absolute atomic E-state index is 12.5. The van der Waals surface area contributed by atoms with Crippen LogP contribution in [-0.2, 0) is 27.9 Å². The Labute approximate surface area is 263 Å². The first-order valence-electron chi connectivity index (χ1n) is 17.0. The predicted octanol–water partition coefficient (Wildman–Crippen LogP) is 9.13. The fourth-order valence-corrected chi connectivity index (χ4v) is 5.03. The highest BCUT2D eigenvalue weighted by atomic mass is 31.2. The second kappa shape index (κ2) is 32.1. The first-order valence-corrected chi connectivity index (χ1v) is 18.5. The minimum absolute atomic E-state index is 0.0961. The minimum atomic E-state index is -4.27. The Bertz CT molecular complexity index is 757. The highest BCUT2D eigenvalue weighted by Gasteiger charge is 2.25. The van der Waals surface area contributed by atoms with E-state index >= 15 is 0 Å². The first kappa shape index (κ1) is 41.7. The van der Waals surface area contributed by atoms with Crippen molar-refractivity contribution in [3.8, 4) is 0 Å². The number of ether oxygens (including phenoxy) is 2. The van der Waals surface area contributed by atoms with Crippen LogP contribution >= 0.6 is 7.82 Å². The number of rotatable bonds is 32. The third-order valence-electron chi connectivity index (χ3n) is 6.74. The fraction of sp³-hybridized carbons (Fsp3) is 0.794. The zero-order valence-electron chi connectivity index (χ0n) is 27.4. The van der Waals surface area contributed by atoms with E-state index in [1.807, 2.05) is 0 Å². The smallest absolute Gasteiger partial charge is 0.457 e. The minimum Gasteiger partial charge on any atom is -0.457 e. The van der Waals surface area contributed by atoms with E-state index in [0.29, 0.717) is 13.0 Å². The summed E-state index contributed by atoms with van der Waals surface area (Å²) in [5.74, 6) is -0.351. The number of carbonyl (C=O) groups excluding carboxylic acids is 1. The summed E-state index contributed by atoms with van der Waals surface area (Å²) in [6.07, 6.45) is 33.0. The van der Waals surface area contributed by atoms with E-state index in [1.165, 1.54) is 51.4 Å². The lowest BCUT2D eigenvalue weighted by Crippen LogP contribution is -2.28. The van der Waals surface area contributed by atoms with Crippen molar-refractivity contribution in [3.05, 3.63) is 36.5 Å². The van der Waals surface area contributed by atoms with Gasteiger partial charge in [-0.1, -0.05) is 108 Å². The average Bonchev–Trinajstić information content (AvgIpc) is 2.99. The molecule has 0 fully saturated rings. The van der Waals surface area contributed by atoms with E-state index in [4.69, 9.17) is 24.3 Å². The molecular formula is C34H64NO7P. The van der Waals surface area contributed by atoms with E-state index in [9.17, 15) is 14.3 Å². The first-order chi connectivity index (χ1) is 20.9. The Kier molecular flexibility index (Phi) is 31.2. The van der Waals surface area contributed by atoms with Crippen molar-refractivity contribution in [2.45, 2.75) is 142 Å². The molecule has 0 aliphatic heterocycles. The molecule has 2 unspecified atom stereocenters. The van der Waals surface area contributed by atoms with Gasteiger partial charge in [-0.25, -0.2) is 4.57 Å². The molecule has 0 aromatic heterocycles. The maximum atomic E-state index is 12.5. The molecule has 9 heteroatoms. The second-order valence-electron chi connectivity index (χ2n) is 11.0. The molecule has 252 valence electrons. The predicted molar refractivity (Wildman–Crippen MR) is 178 cm³/mol. The Balaban J connectivity index is 4.18. The van der Waals surface area contributed by atoms with Crippen LogP contribution in [0.25, 0.3) is 0 Å². The van der Waals surface area contributed by atoms with E-state index in [0.717, 1.165) is 64.2 Å². The third kappa shape index (κ3) is 31.9. The van der Waals surface area contributed by atoms with Crippen molar-refractivity contribution in [2.24, 2.45) is 5.73 Å². The van der Waals surface area contributed by atoms with Crippen LogP contribution in [0, 0.1) is 0 Å². The van der Waals surface area contributed by atoms with Crippen LogP contribution in [0.1, 0.15) is 136 Å². The lowest BCUT2D eigenvalue weighted by atomic mass is 10.1. The zero-order chi connectivity index (χ0) is 31.7. The molecule has 0 radical (unpaired) electrons. The number of carbonyl (C=O) groups is 1. The van der Waals surface area contributed by atoms with Crippen LogP contribution in [0.15, 0.2) is 36.5 Å². The molecule has 8 nitrogen and oxygen atoms in total. The van der Waals surface area contributed by atoms with Gasteiger partial charge in [0.05, 0.1) is 19.8 Å². The molecule has 0 aliphatic carbocycles. The van der Waals surface area contributed by atoms with Crippen LogP contribution in [-0.4, -0.2) is 49.9 Å². The Morgan fingerprint density at radius 1 is 0.698 bits per heavy atom. The molecule has 43 heavy (non-hydrogen) atoms. The summed E-state index contributed by atoms with van der Waals surface area (Å²) >= 11 is 0. The number of unbranched alkanes of at least 4 members (excludes halogenated alkanes) is 13. The quantitative estimate of drug-likeness (QED) is 0.0327. The van der Waals surface area contributed by atoms with E-state index < -0.39 is 13.9 Å². The van der Waals surface area contributed by atoms with Gasteiger partial charge in [0, 0.05) is 19.6 Å². The topological polar surface area (TPSA) is 117 Å². The highest BCUT2D eigenvalue weighted by Crippen LogP contribution is 2.43. The lowest BCUT2D eigenvalue weighted by molar-refractivity contribution is -0.154. The normalized spacial score (nSPS) is 14.2. The van der Waals surface area contributed by atoms with Gasteiger partial charge in [0.1, 0.15) is 6.10 Å². The van der Waals surface area contributed by atoms with Crippen LogP contribution < -0.4 is 5.73 Å². The van der Waals surface area contributed by atoms with Gasteiger partial charge in [0.15, 0.2) is 0 Å². The summed E-state index contributed by atoms with van der Waals surface area (Å²) in [5, 5.41) is 0. The largest absolute Gasteiger partial charge is 0.472 e. The summed E-state index contributed by atoms with van der Waals surface area (Å²) in [7, 11) is -4.27. The average molecular weight is 630 g/mol. The summed E-state index contributed by atoms with van der Waals surface area (Å²) < 4.78 is 33.1. The van der Waals surface area contributed by atoms with Gasteiger partial charge in [-0.2, -0.15) is 0 Å². The molecule has 0 spiro atoms. The van der Waals surface area contributed by atoms with Gasteiger partial charge in [-0.3, -0.25) is 13.8 Å². The van der Waals surface area contributed by atoms with Gasteiger partial charge in [0.25, 0.3) is 0 Å². The zero-order valence-corrected chi connectivity index (χ0v) is 28.3. The van der Waals surface area contributed by atoms with E-state index in [2.05, 4.69) is 50.3 Å². The SMILES string of the molecule is CCC/C=C\C/C=C\CCCCCCCC(=O)OC(COCCCCCCCC/C=C\CCC)COP(=O)(O)OCCN. The summed E-state index contributed by atoms with van der Waals surface area (Å²) in [6.45, 7) is 4.74. The van der Waals surface area contributed by atoms with Crippen LogP contribution in [0.3, 0.4) is 0 Å². The number of allylic oxidation sites excluding steroid dienone is 6. The molecule has 0 heterocycles. The molecule has 0 saturated heterocycles. The van der Waals surface area contributed by atoms with Crippen molar-refractivity contribution in [1.29, 1.82) is 0 Å². The van der Waals surface area contributed by atoms with Crippen molar-refractivity contribution in [2.75, 3.05) is 33.0 Å². The maximum Gasteiger partial charge on any atom is 0.472 e. The molecule has 0 aromatic carbocycles. The summed E-state index contributed by atoms with van der Waals surface area (Å²) in [4.78, 5) is 22.3. The van der Waals surface area contributed by atoms with Gasteiger partial charge >= 0.3 is 13.8 Å². The molecule has 2 atom stereocenters. The molecular weight excluding hydrogens is 565 g/mol. The van der Waals surface area contributed by atoms with Gasteiger partial charge in [-0.15, -0.1) is 0 Å². The molecule has 0 bridgehead atoms. The molecule has 0 saturated carbocycles. The van der Waals surface area contributed by atoms with Gasteiger partial charge in [0.2, 0.25) is 0 Å². The number of hydrogen-bond acceptors (Lipinski definition) is 7. The highest BCUT2D eigenvalue weighted by molar-refractivity contribution is 7.47. The van der Waals surface area contributed by atoms with Gasteiger partial charge in [-0.05, 0) is 57.8 Å². The van der Waals surface area contributed by atoms with Gasteiger partial charge < -0.3 is 20.1 Å². The van der Waals surface area contributed by atoms with Crippen LogP contribution in [0.2, 0.25) is 0 Å². The fourth-order valence-electron chi connectivity index (χ4n) is 4.27. The molecule has 0 amide bonds. The Morgan fingerprint density at radius 3 is 1.86 bits per heavy atom. The van der Waals surface area contributed by atoms with Crippen molar-refractivity contribution in [3.63, 3.8) is 0 Å². The van der Waals surface area contributed by atoms with E-state index in [-0.39, 0.29) is 32.3 Å². The summed E-state index contributed by atoms with van der Waals surface area (Å²) in [5.41, 5.74) is 5.33. The lowest BCUT2D eigenvalue weighted by Gasteiger charge is -2.20.